The molecule has 0 unspecified atom stereocenters. The number of ketones is 1. The molecule has 0 heterocycles. The van der Waals surface area contributed by atoms with Gasteiger partial charge in [0, 0.05) is 12.6 Å². The molecule has 25 heavy (non-hydrogen) atoms. The minimum atomic E-state index is -0.749. The molecule has 0 aliphatic rings. The molecule has 0 bridgehead atoms. The molecule has 0 radical (unpaired) electrons. The van der Waals surface area contributed by atoms with Gasteiger partial charge in [0.2, 0.25) is 0 Å². The van der Waals surface area contributed by atoms with Crippen molar-refractivity contribution in [3.8, 4) is 5.75 Å². The van der Waals surface area contributed by atoms with Crippen LogP contribution in [0.15, 0.2) is 60.7 Å². The van der Waals surface area contributed by atoms with E-state index in [1.807, 2.05) is 0 Å². The first-order valence-electron chi connectivity index (χ1n) is 7.34. The maximum Gasteiger partial charge on any atom is 0.318 e. The van der Waals surface area contributed by atoms with Gasteiger partial charge in [0.15, 0.2) is 5.78 Å². The number of benzene rings is 2. The normalized spacial score (nSPS) is 9.80. The van der Waals surface area contributed by atoms with Gasteiger partial charge in [-0.15, -0.1) is 0 Å². The van der Waals surface area contributed by atoms with E-state index in [1.165, 1.54) is 31.3 Å². The number of hydrogen-bond acceptors (Lipinski definition) is 4. The van der Waals surface area contributed by atoms with Crippen LogP contribution in [0.2, 0.25) is 0 Å². The molecule has 0 saturated carbocycles. The van der Waals surface area contributed by atoms with Gasteiger partial charge in [-0.2, -0.15) is 0 Å². The van der Waals surface area contributed by atoms with Crippen LogP contribution < -0.4 is 16.0 Å². The fourth-order valence-electron chi connectivity index (χ4n) is 2.02. The zero-order valence-corrected chi connectivity index (χ0v) is 13.5. The highest BCUT2D eigenvalue weighted by Crippen LogP contribution is 2.23. The van der Waals surface area contributed by atoms with Crippen molar-refractivity contribution >= 4 is 29.1 Å². The summed E-state index contributed by atoms with van der Waals surface area (Å²) in [7, 11) is 1.44. The number of hydrogen-bond donors (Lipinski definition) is 4. The molecule has 0 aliphatic heterocycles. The summed E-state index contributed by atoms with van der Waals surface area (Å²) >= 11 is 0. The number of Topliss-reactive ketones (excluding diaryl/α,β-unsaturated/α-hetero) is 1. The summed E-state index contributed by atoms with van der Waals surface area (Å²) in [6.45, 7) is 3.53. The number of phenolic OH excluding ortho intramolecular Hbond substituents is 1. The van der Waals surface area contributed by atoms with E-state index >= 15 is 0 Å². The molecule has 2 aromatic rings. The van der Waals surface area contributed by atoms with Crippen LogP contribution in [0.3, 0.4) is 0 Å². The summed E-state index contributed by atoms with van der Waals surface area (Å²) in [6.07, 6.45) is 0. The highest BCUT2D eigenvalue weighted by atomic mass is 16.3. The van der Waals surface area contributed by atoms with Gasteiger partial charge >= 0.3 is 6.03 Å². The summed E-state index contributed by atoms with van der Waals surface area (Å²) in [5.41, 5.74) is 0.222. The quantitative estimate of drug-likeness (QED) is 0.221. The summed E-state index contributed by atoms with van der Waals surface area (Å²) < 4.78 is 0. The topological polar surface area (TPSA) is 108 Å². The number of nitrogens with one attached hydrogen (secondary N) is 3. The third-order valence-corrected chi connectivity index (χ3v) is 3.35. The van der Waals surface area contributed by atoms with Crippen LogP contribution >= 0.6 is 0 Å². The number of carbonyl (C=O) groups is 3. The number of phenols is 1. The van der Waals surface area contributed by atoms with Crippen molar-refractivity contribution in [1.29, 1.82) is 0 Å². The molecule has 0 atom stereocenters. The van der Waals surface area contributed by atoms with Crippen LogP contribution in [-0.4, -0.2) is 29.9 Å². The second-order valence-corrected chi connectivity index (χ2v) is 5.03. The van der Waals surface area contributed by atoms with Crippen molar-refractivity contribution in [2.75, 3.05) is 17.7 Å². The van der Waals surface area contributed by atoms with Crippen LogP contribution in [0, 0.1) is 0 Å². The van der Waals surface area contributed by atoms with Crippen molar-refractivity contribution < 1.29 is 19.5 Å². The first kappa shape index (κ1) is 17.7. The Morgan fingerprint density at radius 3 is 2.16 bits per heavy atom. The van der Waals surface area contributed by atoms with Crippen molar-refractivity contribution in [2.45, 2.75) is 0 Å². The predicted octanol–water partition coefficient (Wildman–Crippen LogP) is 2.52. The van der Waals surface area contributed by atoms with Gasteiger partial charge in [-0.1, -0.05) is 30.8 Å². The molecule has 128 valence electrons. The molecule has 2 aromatic carbocycles. The van der Waals surface area contributed by atoms with E-state index in [1.54, 1.807) is 24.3 Å². The molecule has 0 aliphatic carbocycles. The van der Waals surface area contributed by atoms with Crippen LogP contribution in [0.5, 0.6) is 5.75 Å². The van der Waals surface area contributed by atoms with Gasteiger partial charge in [0.05, 0.1) is 16.9 Å². The molecule has 2 rings (SSSR count). The maximum atomic E-state index is 12.6. The van der Waals surface area contributed by atoms with Gasteiger partial charge < -0.3 is 21.1 Å². The fourth-order valence-corrected chi connectivity index (χ4v) is 2.02. The number of urea groups is 1. The lowest BCUT2D eigenvalue weighted by Gasteiger charge is -2.12. The molecule has 3 amide bonds. The number of anilines is 2. The molecule has 0 saturated heterocycles. The van der Waals surface area contributed by atoms with Crippen LogP contribution in [-0.2, 0) is 4.79 Å². The zero-order chi connectivity index (χ0) is 18.4. The standard InChI is InChI=1S/C18H17N3O4/c1-11(17(24)20-14-9-5-6-10-15(14)22)16(23)12-7-3-4-8-13(12)21-18(25)19-2/h3-10,22H,1H2,2H3,(H,20,24)(H2,19,21,25). The van der Waals surface area contributed by atoms with Crippen molar-refractivity contribution in [1.82, 2.24) is 5.32 Å². The first-order chi connectivity index (χ1) is 11.9. The molecule has 0 fully saturated rings. The summed E-state index contributed by atoms with van der Waals surface area (Å²) in [5, 5.41) is 17.0. The minimum absolute atomic E-state index is 0.127. The van der Waals surface area contributed by atoms with Gasteiger partial charge in [-0.3, -0.25) is 9.59 Å². The van der Waals surface area contributed by atoms with E-state index in [9.17, 15) is 19.5 Å². The minimum Gasteiger partial charge on any atom is -0.506 e. The number of amides is 3. The van der Waals surface area contributed by atoms with E-state index in [0.29, 0.717) is 0 Å². The summed E-state index contributed by atoms with van der Waals surface area (Å²) in [6, 6.07) is 11.9. The van der Waals surface area contributed by atoms with E-state index in [2.05, 4.69) is 22.5 Å². The Labute approximate surface area is 144 Å². The van der Waals surface area contributed by atoms with E-state index in [-0.39, 0.29) is 28.3 Å². The fraction of sp³-hybridized carbons (Fsp3) is 0.0556. The van der Waals surface area contributed by atoms with Crippen LogP contribution in [0.25, 0.3) is 0 Å². The monoisotopic (exact) mass is 339 g/mol. The van der Waals surface area contributed by atoms with E-state index in [0.717, 1.165) is 0 Å². The predicted molar refractivity (Wildman–Crippen MR) is 94.7 cm³/mol. The van der Waals surface area contributed by atoms with Crippen molar-refractivity contribution in [3.05, 3.63) is 66.2 Å². The zero-order valence-electron chi connectivity index (χ0n) is 13.5. The number of carbonyl (C=O) groups excluding carboxylic acids is 3. The number of rotatable bonds is 5. The Kier molecular flexibility index (Phi) is 5.52. The van der Waals surface area contributed by atoms with Gasteiger partial charge in [-0.05, 0) is 24.3 Å². The third kappa shape index (κ3) is 4.23. The Hall–Kier alpha value is -3.61. The SMILES string of the molecule is C=C(C(=O)Nc1ccccc1O)C(=O)c1ccccc1NC(=O)NC. The van der Waals surface area contributed by atoms with Crippen LogP contribution in [0.4, 0.5) is 16.2 Å². The highest BCUT2D eigenvalue weighted by Gasteiger charge is 2.21. The summed E-state index contributed by atoms with van der Waals surface area (Å²) in [4.78, 5) is 36.3. The lowest BCUT2D eigenvalue weighted by Crippen LogP contribution is -2.26. The van der Waals surface area contributed by atoms with Crippen molar-refractivity contribution in [2.24, 2.45) is 0 Å². The Morgan fingerprint density at radius 1 is 0.920 bits per heavy atom. The van der Waals surface area contributed by atoms with Gasteiger partial charge in [-0.25, -0.2) is 4.79 Å². The average Bonchev–Trinajstić information content (AvgIpc) is 2.62. The second-order valence-electron chi connectivity index (χ2n) is 5.03. The lowest BCUT2D eigenvalue weighted by molar-refractivity contribution is -0.112. The average molecular weight is 339 g/mol. The van der Waals surface area contributed by atoms with E-state index < -0.39 is 17.7 Å². The van der Waals surface area contributed by atoms with Crippen LogP contribution in [0.1, 0.15) is 10.4 Å². The molecule has 7 nitrogen and oxygen atoms in total. The third-order valence-electron chi connectivity index (χ3n) is 3.35. The molecule has 0 spiro atoms. The number of para-hydroxylation sites is 3. The largest absolute Gasteiger partial charge is 0.506 e. The smallest absolute Gasteiger partial charge is 0.318 e. The summed E-state index contributed by atoms with van der Waals surface area (Å²) in [5.74, 6) is -1.51. The lowest BCUT2D eigenvalue weighted by atomic mass is 10.0. The van der Waals surface area contributed by atoms with Gasteiger partial charge in [0.25, 0.3) is 5.91 Å². The van der Waals surface area contributed by atoms with Gasteiger partial charge in [0.1, 0.15) is 5.75 Å². The molecule has 4 N–H and O–H groups in total. The molecule has 0 aromatic heterocycles. The Morgan fingerprint density at radius 2 is 1.52 bits per heavy atom. The molecular weight excluding hydrogens is 322 g/mol. The highest BCUT2D eigenvalue weighted by molar-refractivity contribution is 6.29. The Bertz CT molecular complexity index is 846. The molecule has 7 heteroatoms. The molecular formula is C18H17N3O4. The van der Waals surface area contributed by atoms with Crippen molar-refractivity contribution in [3.63, 3.8) is 0 Å². The first-order valence-corrected chi connectivity index (χ1v) is 7.34. The Balaban J connectivity index is 2.20. The number of aromatic hydroxyl groups is 1. The maximum absolute atomic E-state index is 12.6. The second kappa shape index (κ2) is 7.78. The van der Waals surface area contributed by atoms with E-state index in [4.69, 9.17) is 0 Å².